The van der Waals surface area contributed by atoms with Gasteiger partial charge in [-0.3, -0.25) is 4.79 Å². The molecule has 1 heterocycles. The minimum absolute atomic E-state index is 0.147. The molecule has 174 valence electrons. The Kier molecular flexibility index (Phi) is 7.71. The van der Waals surface area contributed by atoms with Gasteiger partial charge < -0.3 is 23.6 Å². The third kappa shape index (κ3) is 5.71. The molecule has 1 aromatic heterocycles. The molecular formula is C25H28N2O6. The molecule has 1 amide bonds. The lowest BCUT2D eigenvalue weighted by molar-refractivity contribution is -0.135. The maximum Gasteiger partial charge on any atom is 0.338 e. The van der Waals surface area contributed by atoms with Gasteiger partial charge in [0, 0.05) is 7.05 Å². The van der Waals surface area contributed by atoms with E-state index >= 15 is 0 Å². The van der Waals surface area contributed by atoms with E-state index in [0.717, 1.165) is 16.8 Å². The number of rotatable bonds is 9. The molecule has 33 heavy (non-hydrogen) atoms. The van der Waals surface area contributed by atoms with Gasteiger partial charge in [-0.05, 0) is 44.5 Å². The molecule has 1 atom stereocenters. The maximum absolute atomic E-state index is 12.5. The Labute approximate surface area is 193 Å². The average molecular weight is 453 g/mol. The highest BCUT2D eigenvalue weighted by Gasteiger charge is 2.20. The smallest absolute Gasteiger partial charge is 0.338 e. The van der Waals surface area contributed by atoms with Gasteiger partial charge in [-0.1, -0.05) is 35.5 Å². The van der Waals surface area contributed by atoms with Crippen LogP contribution in [0.25, 0.3) is 0 Å². The molecule has 0 aliphatic heterocycles. The third-order valence-electron chi connectivity index (χ3n) is 5.54. The van der Waals surface area contributed by atoms with Gasteiger partial charge in [-0.15, -0.1) is 0 Å². The van der Waals surface area contributed by atoms with Crippen molar-refractivity contribution in [1.29, 1.82) is 0 Å². The summed E-state index contributed by atoms with van der Waals surface area (Å²) >= 11 is 0. The molecule has 0 saturated heterocycles. The van der Waals surface area contributed by atoms with Crippen LogP contribution in [0.2, 0.25) is 0 Å². The SMILES string of the molecule is COc1cc(C(=O)OCC(=O)N(C)C(C)c2ccccc2)ccc1OCc1c(C)noc1C. The maximum atomic E-state index is 12.5. The van der Waals surface area contributed by atoms with Crippen LogP contribution in [-0.2, 0) is 16.1 Å². The molecule has 8 nitrogen and oxygen atoms in total. The Bertz CT molecular complexity index is 1090. The summed E-state index contributed by atoms with van der Waals surface area (Å²) in [6.45, 7) is 5.46. The van der Waals surface area contributed by atoms with Crippen molar-refractivity contribution in [2.45, 2.75) is 33.4 Å². The fourth-order valence-electron chi connectivity index (χ4n) is 3.26. The summed E-state index contributed by atoms with van der Waals surface area (Å²) in [6, 6.07) is 14.2. The van der Waals surface area contributed by atoms with Crippen LogP contribution in [0.4, 0.5) is 0 Å². The number of likely N-dealkylation sites (N-methyl/N-ethyl adjacent to an activating group) is 1. The fourth-order valence-corrected chi connectivity index (χ4v) is 3.26. The number of esters is 1. The monoisotopic (exact) mass is 452 g/mol. The van der Waals surface area contributed by atoms with Crippen LogP contribution in [0.5, 0.6) is 11.5 Å². The zero-order valence-electron chi connectivity index (χ0n) is 19.5. The summed E-state index contributed by atoms with van der Waals surface area (Å²) in [5, 5.41) is 3.90. The van der Waals surface area contributed by atoms with Gasteiger partial charge in [0.15, 0.2) is 18.1 Å². The predicted molar refractivity (Wildman–Crippen MR) is 121 cm³/mol. The Morgan fingerprint density at radius 2 is 1.82 bits per heavy atom. The number of nitrogens with zero attached hydrogens (tertiary/aromatic N) is 2. The zero-order valence-corrected chi connectivity index (χ0v) is 19.5. The van der Waals surface area contributed by atoms with E-state index in [1.54, 1.807) is 24.1 Å². The standard InChI is InChI=1S/C25H28N2O6/c1-16-21(18(3)33-26-16)14-31-22-12-11-20(13-23(22)30-5)25(29)32-15-24(28)27(4)17(2)19-9-7-6-8-10-19/h6-13,17H,14-15H2,1-5H3. The van der Waals surface area contributed by atoms with Gasteiger partial charge >= 0.3 is 5.97 Å². The Hall–Kier alpha value is -3.81. The van der Waals surface area contributed by atoms with Crippen molar-refractivity contribution in [1.82, 2.24) is 10.1 Å². The number of amides is 1. The van der Waals surface area contributed by atoms with Crippen LogP contribution in [0.15, 0.2) is 53.1 Å². The quantitative estimate of drug-likeness (QED) is 0.448. The number of carbonyl (C=O) groups excluding carboxylic acids is 2. The van der Waals surface area contributed by atoms with Gasteiger partial charge in [0.1, 0.15) is 12.4 Å². The van der Waals surface area contributed by atoms with Gasteiger partial charge in [0.25, 0.3) is 5.91 Å². The number of hydrogen-bond acceptors (Lipinski definition) is 7. The minimum Gasteiger partial charge on any atom is -0.493 e. The third-order valence-corrected chi connectivity index (χ3v) is 5.54. The first kappa shape index (κ1) is 23.8. The second-order valence-corrected chi connectivity index (χ2v) is 7.62. The van der Waals surface area contributed by atoms with Crippen molar-refractivity contribution >= 4 is 11.9 Å². The Morgan fingerprint density at radius 1 is 1.09 bits per heavy atom. The van der Waals surface area contributed by atoms with Crippen LogP contribution < -0.4 is 9.47 Å². The second kappa shape index (κ2) is 10.7. The van der Waals surface area contributed by atoms with Crippen molar-refractivity contribution in [3.05, 3.63) is 76.7 Å². The van der Waals surface area contributed by atoms with Crippen LogP contribution >= 0.6 is 0 Å². The molecule has 0 spiro atoms. The molecule has 0 radical (unpaired) electrons. The van der Waals surface area contributed by atoms with Crippen molar-refractivity contribution in [3.8, 4) is 11.5 Å². The number of methoxy groups -OCH3 is 1. The summed E-state index contributed by atoms with van der Waals surface area (Å²) < 4.78 is 21.6. The lowest BCUT2D eigenvalue weighted by atomic mass is 10.1. The Morgan fingerprint density at radius 3 is 2.45 bits per heavy atom. The highest BCUT2D eigenvalue weighted by molar-refractivity contribution is 5.92. The van der Waals surface area contributed by atoms with E-state index in [4.69, 9.17) is 18.7 Å². The molecular weight excluding hydrogens is 424 g/mol. The van der Waals surface area contributed by atoms with Crippen molar-refractivity contribution in [2.24, 2.45) is 0 Å². The molecule has 0 aliphatic carbocycles. The van der Waals surface area contributed by atoms with E-state index in [1.165, 1.54) is 13.2 Å². The van der Waals surface area contributed by atoms with E-state index in [9.17, 15) is 9.59 Å². The molecule has 0 N–H and O–H groups in total. The van der Waals surface area contributed by atoms with Gasteiger partial charge in [-0.25, -0.2) is 4.79 Å². The van der Waals surface area contributed by atoms with Gasteiger partial charge in [-0.2, -0.15) is 0 Å². The van der Waals surface area contributed by atoms with Crippen molar-refractivity contribution in [3.63, 3.8) is 0 Å². The fraction of sp³-hybridized carbons (Fsp3) is 0.320. The van der Waals surface area contributed by atoms with Gasteiger partial charge in [0.2, 0.25) is 0 Å². The molecule has 1 unspecified atom stereocenters. The average Bonchev–Trinajstić information content (AvgIpc) is 3.17. The number of benzene rings is 2. The largest absolute Gasteiger partial charge is 0.493 e. The lowest BCUT2D eigenvalue weighted by Gasteiger charge is -2.25. The molecule has 0 bridgehead atoms. The summed E-state index contributed by atoms with van der Waals surface area (Å²) in [6.07, 6.45) is 0. The summed E-state index contributed by atoms with van der Waals surface area (Å²) in [5.41, 5.74) is 2.86. The molecule has 0 fully saturated rings. The highest BCUT2D eigenvalue weighted by Crippen LogP contribution is 2.30. The van der Waals surface area contributed by atoms with Crippen molar-refractivity contribution in [2.75, 3.05) is 20.8 Å². The first-order chi connectivity index (χ1) is 15.8. The normalized spacial score (nSPS) is 11.5. The number of hydrogen-bond donors (Lipinski definition) is 0. The van der Waals surface area contributed by atoms with E-state index in [1.807, 2.05) is 51.1 Å². The molecule has 8 heteroatoms. The topological polar surface area (TPSA) is 91.1 Å². The van der Waals surface area contributed by atoms with Crippen LogP contribution in [0.1, 0.15) is 45.9 Å². The number of carbonyl (C=O) groups is 2. The van der Waals surface area contributed by atoms with Crippen LogP contribution in [0, 0.1) is 13.8 Å². The van der Waals surface area contributed by atoms with E-state index < -0.39 is 5.97 Å². The number of aromatic nitrogens is 1. The zero-order chi connectivity index (χ0) is 24.0. The summed E-state index contributed by atoms with van der Waals surface area (Å²) in [5.74, 6) is 0.590. The number of ether oxygens (including phenoxy) is 3. The predicted octanol–water partition coefficient (Wildman–Crippen LogP) is 4.26. The van der Waals surface area contributed by atoms with Crippen molar-refractivity contribution < 1.29 is 28.3 Å². The minimum atomic E-state index is -0.625. The van der Waals surface area contributed by atoms with E-state index in [2.05, 4.69) is 5.16 Å². The highest BCUT2D eigenvalue weighted by atomic mass is 16.5. The molecule has 3 rings (SSSR count). The van der Waals surface area contributed by atoms with E-state index in [-0.39, 0.29) is 30.7 Å². The molecule has 2 aromatic carbocycles. The lowest BCUT2D eigenvalue weighted by Crippen LogP contribution is -2.33. The Balaban J connectivity index is 1.60. The second-order valence-electron chi connectivity index (χ2n) is 7.62. The van der Waals surface area contributed by atoms with E-state index in [0.29, 0.717) is 17.3 Å². The number of aryl methyl sites for hydroxylation is 2. The van der Waals surface area contributed by atoms with Crippen LogP contribution in [0.3, 0.4) is 0 Å². The first-order valence-electron chi connectivity index (χ1n) is 10.5. The summed E-state index contributed by atoms with van der Waals surface area (Å²) in [7, 11) is 3.17. The molecule has 3 aromatic rings. The first-order valence-corrected chi connectivity index (χ1v) is 10.5. The van der Waals surface area contributed by atoms with Gasteiger partial charge in [0.05, 0.1) is 30.0 Å². The summed E-state index contributed by atoms with van der Waals surface area (Å²) in [4.78, 5) is 26.6. The molecule has 0 aliphatic rings. The molecule has 0 saturated carbocycles. The van der Waals surface area contributed by atoms with Crippen LogP contribution in [-0.4, -0.2) is 42.7 Å².